The van der Waals surface area contributed by atoms with Crippen molar-refractivity contribution in [1.82, 2.24) is 10.2 Å². The Balaban J connectivity index is 1.40. The summed E-state index contributed by atoms with van der Waals surface area (Å²) in [4.78, 5) is 52.4. The molecule has 3 aliphatic heterocycles. The van der Waals surface area contributed by atoms with Crippen LogP contribution in [0.25, 0.3) is 0 Å². The van der Waals surface area contributed by atoms with Crippen molar-refractivity contribution in [2.45, 2.75) is 31.8 Å². The molecule has 3 aliphatic rings. The molecule has 0 radical (unpaired) electrons. The Morgan fingerprint density at radius 1 is 1.03 bits per heavy atom. The van der Waals surface area contributed by atoms with Gasteiger partial charge in [-0.3, -0.25) is 24.5 Å². The van der Waals surface area contributed by atoms with Crippen LogP contribution in [0.15, 0.2) is 36.4 Å². The van der Waals surface area contributed by atoms with Gasteiger partial charge in [0.05, 0.1) is 5.69 Å². The molecule has 0 aromatic heterocycles. The zero-order chi connectivity index (χ0) is 21.0. The number of nitrogens with one attached hydrogen (secondary N) is 1. The van der Waals surface area contributed by atoms with Crippen LogP contribution in [0, 0.1) is 5.82 Å². The van der Waals surface area contributed by atoms with Crippen LogP contribution in [-0.4, -0.2) is 41.1 Å². The van der Waals surface area contributed by atoms with Gasteiger partial charge < -0.3 is 9.80 Å². The highest BCUT2D eigenvalue weighted by atomic mass is 19.1. The van der Waals surface area contributed by atoms with E-state index in [4.69, 9.17) is 0 Å². The van der Waals surface area contributed by atoms with Crippen LogP contribution in [0.4, 0.5) is 10.1 Å². The number of halogens is 1. The molecule has 0 saturated carbocycles. The Morgan fingerprint density at radius 3 is 2.67 bits per heavy atom. The number of hydrogen-bond acceptors (Lipinski definition) is 4. The molecule has 152 valence electrons. The normalized spacial score (nSPS) is 20.3. The van der Waals surface area contributed by atoms with E-state index in [-0.39, 0.29) is 37.1 Å². The molecule has 2 aromatic carbocycles. The molecule has 0 aliphatic carbocycles. The monoisotopic (exact) mass is 407 g/mol. The lowest BCUT2D eigenvalue weighted by Gasteiger charge is -2.29. The number of rotatable bonds is 2. The lowest BCUT2D eigenvalue weighted by atomic mass is 10.0. The van der Waals surface area contributed by atoms with E-state index in [1.54, 1.807) is 29.2 Å². The van der Waals surface area contributed by atoms with Crippen molar-refractivity contribution in [2.24, 2.45) is 0 Å². The quantitative estimate of drug-likeness (QED) is 0.769. The second-order valence-corrected chi connectivity index (χ2v) is 7.75. The van der Waals surface area contributed by atoms with Gasteiger partial charge in [0.2, 0.25) is 11.8 Å². The number of hydrogen-bond donors (Lipinski definition) is 1. The van der Waals surface area contributed by atoms with Gasteiger partial charge >= 0.3 is 0 Å². The summed E-state index contributed by atoms with van der Waals surface area (Å²) in [7, 11) is 0. The van der Waals surface area contributed by atoms with Gasteiger partial charge in [0, 0.05) is 30.6 Å². The topological polar surface area (TPSA) is 86.8 Å². The van der Waals surface area contributed by atoms with Crippen molar-refractivity contribution < 1.29 is 23.6 Å². The van der Waals surface area contributed by atoms with Crippen molar-refractivity contribution in [3.63, 3.8) is 0 Å². The van der Waals surface area contributed by atoms with Crippen molar-refractivity contribution in [3.05, 3.63) is 64.5 Å². The average molecular weight is 407 g/mol. The van der Waals surface area contributed by atoms with Gasteiger partial charge in [-0.15, -0.1) is 0 Å². The molecule has 1 unspecified atom stereocenters. The van der Waals surface area contributed by atoms with Crippen LogP contribution < -0.4 is 10.2 Å². The summed E-state index contributed by atoms with van der Waals surface area (Å²) < 4.78 is 13.7. The summed E-state index contributed by atoms with van der Waals surface area (Å²) in [5, 5.41) is 2.27. The summed E-state index contributed by atoms with van der Waals surface area (Å²) in [6.07, 6.45) is 1.13. The molecule has 1 saturated heterocycles. The van der Waals surface area contributed by atoms with E-state index in [1.165, 1.54) is 17.0 Å². The number of nitrogens with zero attached hydrogens (tertiary/aromatic N) is 2. The predicted molar refractivity (Wildman–Crippen MR) is 104 cm³/mol. The Bertz CT molecular complexity index is 1130. The average Bonchev–Trinajstić information content (AvgIpc) is 3.28. The fourth-order valence-electron chi connectivity index (χ4n) is 4.43. The van der Waals surface area contributed by atoms with Gasteiger partial charge in [-0.25, -0.2) is 4.39 Å². The molecule has 7 nitrogen and oxygen atoms in total. The fraction of sp³-hybridized carbons (Fsp3) is 0.273. The van der Waals surface area contributed by atoms with Crippen LogP contribution in [0.2, 0.25) is 0 Å². The van der Waals surface area contributed by atoms with Crippen LogP contribution in [-0.2, 0) is 22.6 Å². The third-order valence-electron chi connectivity index (χ3n) is 5.96. The first-order valence-corrected chi connectivity index (χ1v) is 9.80. The second kappa shape index (κ2) is 6.76. The van der Waals surface area contributed by atoms with Gasteiger partial charge in [0.15, 0.2) is 0 Å². The van der Waals surface area contributed by atoms with E-state index in [2.05, 4.69) is 5.32 Å². The van der Waals surface area contributed by atoms with Crippen LogP contribution in [0.5, 0.6) is 0 Å². The summed E-state index contributed by atoms with van der Waals surface area (Å²) in [5.74, 6) is -1.75. The zero-order valence-electron chi connectivity index (χ0n) is 16.0. The van der Waals surface area contributed by atoms with E-state index in [1.807, 2.05) is 0 Å². The molecule has 3 heterocycles. The first-order chi connectivity index (χ1) is 14.4. The Hall–Kier alpha value is -3.55. The number of benzene rings is 2. The zero-order valence-corrected chi connectivity index (χ0v) is 16.0. The molecule has 2 aromatic rings. The van der Waals surface area contributed by atoms with E-state index in [0.717, 1.165) is 5.56 Å². The lowest BCUT2D eigenvalue weighted by Crippen LogP contribution is -2.52. The van der Waals surface area contributed by atoms with Crippen molar-refractivity contribution >= 4 is 29.3 Å². The van der Waals surface area contributed by atoms with Gasteiger partial charge in [-0.05, 0) is 54.3 Å². The van der Waals surface area contributed by atoms with E-state index in [0.29, 0.717) is 35.3 Å². The largest absolute Gasteiger partial charge is 0.322 e. The standard InChI is InChI=1S/C22H18FN3O4/c23-15-3-1-12-7-8-25(18(12)10-15)21(29)13-2-4-16-14(9-13)11-26(22(16)30)17-5-6-19(27)24-20(17)28/h1-4,9-10,17H,5-8,11H2,(H,24,27,28). The minimum absolute atomic E-state index is 0.186. The molecular weight excluding hydrogens is 389 g/mol. The molecule has 0 bridgehead atoms. The first kappa shape index (κ1) is 18.5. The molecular formula is C22H18FN3O4. The van der Waals surface area contributed by atoms with Gasteiger partial charge in [0.1, 0.15) is 11.9 Å². The predicted octanol–water partition coefficient (Wildman–Crippen LogP) is 1.79. The number of carbonyl (C=O) groups is 4. The third-order valence-corrected chi connectivity index (χ3v) is 5.96. The Morgan fingerprint density at radius 2 is 1.87 bits per heavy atom. The van der Waals surface area contributed by atoms with Crippen LogP contribution in [0.1, 0.15) is 44.7 Å². The summed E-state index contributed by atoms with van der Waals surface area (Å²) in [6, 6.07) is 8.59. The van der Waals surface area contributed by atoms with Crippen molar-refractivity contribution in [2.75, 3.05) is 11.4 Å². The second-order valence-electron chi connectivity index (χ2n) is 7.75. The number of piperidine rings is 1. The van der Waals surface area contributed by atoms with Crippen molar-refractivity contribution in [3.8, 4) is 0 Å². The minimum atomic E-state index is -0.699. The fourth-order valence-corrected chi connectivity index (χ4v) is 4.43. The number of anilines is 1. The smallest absolute Gasteiger partial charge is 0.258 e. The number of amides is 4. The highest BCUT2D eigenvalue weighted by Crippen LogP contribution is 2.32. The molecule has 0 spiro atoms. The van der Waals surface area contributed by atoms with E-state index in [9.17, 15) is 23.6 Å². The van der Waals surface area contributed by atoms with Gasteiger partial charge in [0.25, 0.3) is 11.8 Å². The third kappa shape index (κ3) is 2.87. The highest BCUT2D eigenvalue weighted by molar-refractivity contribution is 6.09. The van der Waals surface area contributed by atoms with Gasteiger partial charge in [-0.2, -0.15) is 0 Å². The molecule has 1 atom stereocenters. The lowest BCUT2D eigenvalue weighted by molar-refractivity contribution is -0.136. The maximum atomic E-state index is 13.7. The number of fused-ring (bicyclic) bond motifs is 2. The van der Waals surface area contributed by atoms with E-state index >= 15 is 0 Å². The SMILES string of the molecule is O=C1CCC(N2Cc3cc(C(=O)N4CCc5ccc(F)cc54)ccc3C2=O)C(=O)N1. The maximum Gasteiger partial charge on any atom is 0.258 e. The highest BCUT2D eigenvalue weighted by Gasteiger charge is 2.39. The summed E-state index contributed by atoms with van der Waals surface area (Å²) >= 11 is 0. The summed E-state index contributed by atoms with van der Waals surface area (Å²) in [6.45, 7) is 0.669. The number of imide groups is 1. The molecule has 4 amide bonds. The molecule has 1 fully saturated rings. The minimum Gasteiger partial charge on any atom is -0.322 e. The van der Waals surface area contributed by atoms with Gasteiger partial charge in [-0.1, -0.05) is 6.07 Å². The molecule has 5 rings (SSSR count). The molecule has 1 N–H and O–H groups in total. The maximum absolute atomic E-state index is 13.7. The van der Waals surface area contributed by atoms with Crippen LogP contribution in [0.3, 0.4) is 0 Å². The Kier molecular flexibility index (Phi) is 4.16. The Labute approximate surface area is 171 Å². The van der Waals surface area contributed by atoms with E-state index < -0.39 is 17.8 Å². The summed E-state index contributed by atoms with van der Waals surface area (Å²) in [5.41, 5.74) is 3.01. The van der Waals surface area contributed by atoms with Crippen molar-refractivity contribution in [1.29, 1.82) is 0 Å². The number of carbonyl (C=O) groups excluding carboxylic acids is 4. The molecule has 30 heavy (non-hydrogen) atoms. The molecule has 8 heteroatoms. The van der Waals surface area contributed by atoms with Crippen LogP contribution >= 0.6 is 0 Å². The first-order valence-electron chi connectivity index (χ1n) is 9.80.